The van der Waals surface area contributed by atoms with Crippen LogP contribution in [0.5, 0.6) is 5.75 Å². The monoisotopic (exact) mass is 331 g/mol. The van der Waals surface area contributed by atoms with E-state index in [-0.39, 0.29) is 0 Å². The van der Waals surface area contributed by atoms with E-state index >= 15 is 0 Å². The topological polar surface area (TPSA) is 21.3 Å². The lowest BCUT2D eigenvalue weighted by Crippen LogP contribution is -2.18. The van der Waals surface area contributed by atoms with Crippen LogP contribution in [0, 0.1) is 0 Å². The number of hydrogen-bond donors (Lipinski definition) is 1. The van der Waals surface area contributed by atoms with E-state index in [1.165, 1.54) is 27.6 Å². The van der Waals surface area contributed by atoms with Crippen molar-refractivity contribution in [2.45, 2.75) is 25.4 Å². The van der Waals surface area contributed by atoms with Crippen LogP contribution >= 0.6 is 15.9 Å². The van der Waals surface area contributed by atoms with Crippen molar-refractivity contribution in [3.63, 3.8) is 0 Å². The second-order valence-corrected chi connectivity index (χ2v) is 5.98. The van der Waals surface area contributed by atoms with Crippen LogP contribution in [0.4, 0.5) is 0 Å². The summed E-state index contributed by atoms with van der Waals surface area (Å²) < 4.78 is 6.42. The highest BCUT2D eigenvalue weighted by Gasteiger charge is 2.23. The Morgan fingerprint density at radius 1 is 1.20 bits per heavy atom. The van der Waals surface area contributed by atoms with Gasteiger partial charge in [-0.3, -0.25) is 0 Å². The number of benzene rings is 2. The maximum Gasteiger partial charge on any atom is 0.118 e. The second-order valence-electron chi connectivity index (χ2n) is 5.13. The predicted octanol–water partition coefficient (Wildman–Crippen LogP) is 4.23. The average Bonchev–Trinajstić information content (AvgIpc) is 2.90. The smallest absolute Gasteiger partial charge is 0.118 e. The van der Waals surface area contributed by atoms with Gasteiger partial charge in [-0.15, -0.1) is 0 Å². The molecule has 2 nitrogen and oxygen atoms in total. The van der Waals surface area contributed by atoms with Gasteiger partial charge < -0.3 is 10.1 Å². The zero-order valence-electron chi connectivity index (χ0n) is 11.5. The molecule has 0 aromatic heterocycles. The van der Waals surface area contributed by atoms with Crippen LogP contribution in [0.3, 0.4) is 0 Å². The largest absolute Gasteiger partial charge is 0.497 e. The Bertz CT molecular complexity index is 594. The fourth-order valence-corrected chi connectivity index (χ4v) is 3.39. The molecule has 0 fully saturated rings. The summed E-state index contributed by atoms with van der Waals surface area (Å²) in [6.07, 6.45) is 2.32. The molecule has 104 valence electrons. The maximum absolute atomic E-state index is 5.18. The Morgan fingerprint density at radius 2 is 2.00 bits per heavy atom. The molecule has 3 rings (SSSR count). The average molecular weight is 332 g/mol. The first-order chi connectivity index (χ1) is 9.78. The van der Waals surface area contributed by atoms with Crippen LogP contribution < -0.4 is 10.1 Å². The molecule has 0 radical (unpaired) electrons. The Hall–Kier alpha value is -1.32. The summed E-state index contributed by atoms with van der Waals surface area (Å²) in [6.45, 7) is 0.889. The molecule has 1 aliphatic rings. The number of hydrogen-bond acceptors (Lipinski definition) is 2. The molecule has 0 saturated heterocycles. The molecule has 0 saturated carbocycles. The molecule has 0 bridgehead atoms. The standard InChI is InChI=1S/C17H18BrNO/c1-20-13-7-5-12(6-8-13)11-19-17-10-9-14-15(17)3-2-4-16(14)18/h2-8,17,19H,9-11H2,1H3. The maximum atomic E-state index is 5.18. The highest BCUT2D eigenvalue weighted by atomic mass is 79.9. The van der Waals surface area contributed by atoms with Gasteiger partial charge in [0.15, 0.2) is 0 Å². The van der Waals surface area contributed by atoms with E-state index in [2.05, 4.69) is 51.6 Å². The van der Waals surface area contributed by atoms with Crippen molar-refractivity contribution in [1.29, 1.82) is 0 Å². The van der Waals surface area contributed by atoms with Gasteiger partial charge in [0.1, 0.15) is 5.75 Å². The molecule has 1 atom stereocenters. The number of fused-ring (bicyclic) bond motifs is 1. The summed E-state index contributed by atoms with van der Waals surface area (Å²) in [6, 6.07) is 15.2. The third-order valence-corrected chi connectivity index (χ3v) is 4.67. The summed E-state index contributed by atoms with van der Waals surface area (Å²) >= 11 is 3.64. The van der Waals surface area contributed by atoms with Gasteiger partial charge in [-0.2, -0.15) is 0 Å². The van der Waals surface area contributed by atoms with Crippen molar-refractivity contribution in [3.8, 4) is 5.75 Å². The Balaban J connectivity index is 1.67. The van der Waals surface area contributed by atoms with E-state index in [0.717, 1.165) is 18.7 Å². The number of ether oxygens (including phenoxy) is 1. The zero-order valence-corrected chi connectivity index (χ0v) is 13.1. The number of methoxy groups -OCH3 is 1. The van der Waals surface area contributed by atoms with E-state index in [9.17, 15) is 0 Å². The lowest BCUT2D eigenvalue weighted by molar-refractivity contribution is 0.414. The van der Waals surface area contributed by atoms with Crippen molar-refractivity contribution in [1.82, 2.24) is 5.32 Å². The molecule has 0 spiro atoms. The molecule has 1 N–H and O–H groups in total. The molecule has 2 aromatic carbocycles. The SMILES string of the molecule is COc1ccc(CNC2CCc3c(Br)cccc32)cc1. The first-order valence-corrected chi connectivity index (χ1v) is 7.71. The Kier molecular flexibility index (Phi) is 4.08. The van der Waals surface area contributed by atoms with Crippen molar-refractivity contribution in [2.75, 3.05) is 7.11 Å². The quantitative estimate of drug-likeness (QED) is 0.904. The van der Waals surface area contributed by atoms with E-state index < -0.39 is 0 Å². The first-order valence-electron chi connectivity index (χ1n) is 6.91. The summed E-state index contributed by atoms with van der Waals surface area (Å²) in [5.41, 5.74) is 4.18. The number of halogens is 1. The van der Waals surface area contributed by atoms with Crippen LogP contribution in [0.15, 0.2) is 46.9 Å². The van der Waals surface area contributed by atoms with Gasteiger partial charge in [0.05, 0.1) is 7.11 Å². The highest BCUT2D eigenvalue weighted by molar-refractivity contribution is 9.10. The van der Waals surface area contributed by atoms with Crippen molar-refractivity contribution in [2.24, 2.45) is 0 Å². The van der Waals surface area contributed by atoms with Crippen molar-refractivity contribution >= 4 is 15.9 Å². The summed E-state index contributed by atoms with van der Waals surface area (Å²) in [7, 11) is 1.70. The van der Waals surface area contributed by atoms with E-state index in [1.807, 2.05) is 12.1 Å². The second kappa shape index (κ2) is 5.98. The molecule has 3 heteroatoms. The molecular formula is C17H18BrNO. The Labute approximate surface area is 128 Å². The third kappa shape index (κ3) is 2.74. The molecule has 1 unspecified atom stereocenters. The van der Waals surface area contributed by atoms with E-state index in [1.54, 1.807) is 7.11 Å². The van der Waals surface area contributed by atoms with Crippen LogP contribution in [0.2, 0.25) is 0 Å². The minimum atomic E-state index is 0.463. The van der Waals surface area contributed by atoms with Crippen LogP contribution in [-0.4, -0.2) is 7.11 Å². The molecular weight excluding hydrogens is 314 g/mol. The van der Waals surface area contributed by atoms with Gasteiger partial charge in [0, 0.05) is 17.1 Å². The zero-order chi connectivity index (χ0) is 13.9. The van der Waals surface area contributed by atoms with Crippen LogP contribution in [0.25, 0.3) is 0 Å². The normalized spacial score (nSPS) is 17.0. The Morgan fingerprint density at radius 3 is 2.75 bits per heavy atom. The van der Waals surface area contributed by atoms with Crippen molar-refractivity contribution < 1.29 is 4.74 Å². The first kappa shape index (κ1) is 13.7. The minimum Gasteiger partial charge on any atom is -0.497 e. The predicted molar refractivity (Wildman–Crippen MR) is 85.0 cm³/mol. The molecule has 1 aliphatic carbocycles. The van der Waals surface area contributed by atoms with Gasteiger partial charge in [0.2, 0.25) is 0 Å². The number of nitrogens with one attached hydrogen (secondary N) is 1. The molecule has 0 amide bonds. The molecule has 20 heavy (non-hydrogen) atoms. The summed E-state index contributed by atoms with van der Waals surface area (Å²) in [5, 5.41) is 3.66. The third-order valence-electron chi connectivity index (χ3n) is 3.93. The van der Waals surface area contributed by atoms with Gasteiger partial charge in [-0.25, -0.2) is 0 Å². The highest BCUT2D eigenvalue weighted by Crippen LogP contribution is 2.35. The molecule has 2 aromatic rings. The summed E-state index contributed by atoms with van der Waals surface area (Å²) in [5.74, 6) is 0.906. The van der Waals surface area contributed by atoms with Gasteiger partial charge >= 0.3 is 0 Å². The van der Waals surface area contributed by atoms with Gasteiger partial charge in [-0.05, 0) is 47.7 Å². The van der Waals surface area contributed by atoms with Crippen LogP contribution in [-0.2, 0) is 13.0 Å². The van der Waals surface area contributed by atoms with Crippen molar-refractivity contribution in [3.05, 3.63) is 63.6 Å². The lowest BCUT2D eigenvalue weighted by atomic mass is 10.1. The van der Waals surface area contributed by atoms with Crippen LogP contribution in [0.1, 0.15) is 29.2 Å². The fraction of sp³-hybridized carbons (Fsp3) is 0.294. The van der Waals surface area contributed by atoms with Gasteiger partial charge in [0.25, 0.3) is 0 Å². The molecule has 0 aliphatic heterocycles. The minimum absolute atomic E-state index is 0.463. The van der Waals surface area contributed by atoms with Gasteiger partial charge in [-0.1, -0.05) is 40.2 Å². The van der Waals surface area contributed by atoms with E-state index in [0.29, 0.717) is 6.04 Å². The molecule has 0 heterocycles. The van der Waals surface area contributed by atoms with E-state index in [4.69, 9.17) is 4.74 Å². The number of rotatable bonds is 4. The lowest BCUT2D eigenvalue weighted by Gasteiger charge is -2.14. The summed E-state index contributed by atoms with van der Waals surface area (Å²) in [4.78, 5) is 0. The fourth-order valence-electron chi connectivity index (χ4n) is 2.81.